The monoisotopic (exact) mass is 744 g/mol. The zero-order valence-electron chi connectivity index (χ0n) is 21.2. The summed E-state index contributed by atoms with van der Waals surface area (Å²) >= 11 is 4.42. The lowest BCUT2D eigenvalue weighted by Gasteiger charge is -2.10. The molecule has 0 aliphatic carbocycles. The Bertz CT molecular complexity index is 1810. The predicted octanol–water partition coefficient (Wildman–Crippen LogP) is 10.5. The Morgan fingerprint density at radius 2 is 1.02 bits per heavy atom. The van der Waals surface area contributed by atoms with Gasteiger partial charge in [0, 0.05) is 18.3 Å². The summed E-state index contributed by atoms with van der Waals surface area (Å²) in [7, 11) is 0. The molecule has 0 N–H and O–H groups in total. The SMILES string of the molecule is O=C(c1ccc(Oc2ccc(Oc3ccc(-c4ccc5ccccc5c4)cc3)cc2)cc1)c1cc(I)ccc1I. The molecule has 0 saturated heterocycles. The first-order valence-corrected chi connectivity index (χ1v) is 14.8. The third kappa shape index (κ3) is 6.05. The highest BCUT2D eigenvalue weighted by Crippen LogP contribution is 2.30. The van der Waals surface area contributed by atoms with Gasteiger partial charge in [0.2, 0.25) is 0 Å². The summed E-state index contributed by atoms with van der Waals surface area (Å²) in [6.07, 6.45) is 0. The standard InChI is InChI=1S/C35H22I2O3/c36-28-11-20-34(37)33(22-28)35(38)25-9-14-30(15-10-25)40-32-18-16-31(17-19-32)39-29-12-7-24(8-13-29)27-6-5-23-3-1-2-4-26(23)21-27/h1-22H. The lowest BCUT2D eigenvalue weighted by Crippen LogP contribution is -2.04. The topological polar surface area (TPSA) is 35.5 Å². The van der Waals surface area contributed by atoms with E-state index in [1.54, 1.807) is 12.1 Å². The molecule has 0 radical (unpaired) electrons. The Morgan fingerprint density at radius 1 is 0.500 bits per heavy atom. The average Bonchev–Trinajstić information content (AvgIpc) is 2.99. The summed E-state index contributed by atoms with van der Waals surface area (Å²) < 4.78 is 14.0. The fourth-order valence-corrected chi connectivity index (χ4v) is 5.51. The van der Waals surface area contributed by atoms with Gasteiger partial charge in [0.1, 0.15) is 23.0 Å². The predicted molar refractivity (Wildman–Crippen MR) is 178 cm³/mol. The van der Waals surface area contributed by atoms with E-state index in [1.807, 2.05) is 66.7 Å². The summed E-state index contributed by atoms with van der Waals surface area (Å²) in [6, 6.07) is 43.6. The molecule has 194 valence electrons. The van der Waals surface area contributed by atoms with Crippen molar-refractivity contribution < 1.29 is 14.3 Å². The average molecular weight is 744 g/mol. The van der Waals surface area contributed by atoms with E-state index in [0.717, 1.165) is 24.2 Å². The summed E-state index contributed by atoms with van der Waals surface area (Å²) in [5.41, 5.74) is 3.65. The fourth-order valence-electron chi connectivity index (χ4n) is 4.43. The van der Waals surface area contributed by atoms with E-state index >= 15 is 0 Å². The number of hydrogen-bond acceptors (Lipinski definition) is 3. The largest absolute Gasteiger partial charge is 0.457 e. The lowest BCUT2D eigenvalue weighted by atomic mass is 10.0. The first-order chi connectivity index (χ1) is 19.5. The van der Waals surface area contributed by atoms with Crippen LogP contribution in [0.25, 0.3) is 21.9 Å². The van der Waals surface area contributed by atoms with Crippen molar-refractivity contribution in [3.63, 3.8) is 0 Å². The molecule has 40 heavy (non-hydrogen) atoms. The molecule has 0 heterocycles. The molecule has 0 aromatic heterocycles. The second kappa shape index (κ2) is 11.8. The number of ketones is 1. The zero-order valence-corrected chi connectivity index (χ0v) is 25.5. The summed E-state index contributed by atoms with van der Waals surface area (Å²) in [4.78, 5) is 13.0. The van der Waals surface area contributed by atoms with Gasteiger partial charge in [0.25, 0.3) is 0 Å². The van der Waals surface area contributed by atoms with Gasteiger partial charge in [0.15, 0.2) is 5.78 Å². The summed E-state index contributed by atoms with van der Waals surface area (Å²) in [5.74, 6) is 2.83. The molecule has 0 saturated carbocycles. The van der Waals surface area contributed by atoms with E-state index in [1.165, 1.54) is 16.3 Å². The highest BCUT2D eigenvalue weighted by molar-refractivity contribution is 14.1. The van der Waals surface area contributed by atoms with Crippen LogP contribution in [0.1, 0.15) is 15.9 Å². The van der Waals surface area contributed by atoms with Crippen LogP contribution in [-0.2, 0) is 0 Å². The van der Waals surface area contributed by atoms with E-state index in [4.69, 9.17) is 9.47 Å². The number of hydrogen-bond donors (Lipinski definition) is 0. The van der Waals surface area contributed by atoms with Crippen molar-refractivity contribution >= 4 is 61.7 Å². The smallest absolute Gasteiger partial charge is 0.194 e. The van der Waals surface area contributed by atoms with E-state index < -0.39 is 0 Å². The molecule has 6 aromatic carbocycles. The van der Waals surface area contributed by atoms with Crippen molar-refractivity contribution in [2.24, 2.45) is 0 Å². The fraction of sp³-hybridized carbons (Fsp3) is 0. The molecule has 6 aromatic rings. The quantitative estimate of drug-likeness (QED) is 0.121. The zero-order chi connectivity index (χ0) is 27.5. The van der Waals surface area contributed by atoms with Crippen molar-refractivity contribution in [1.29, 1.82) is 0 Å². The van der Waals surface area contributed by atoms with Crippen LogP contribution in [0.5, 0.6) is 23.0 Å². The maximum absolute atomic E-state index is 13.0. The van der Waals surface area contributed by atoms with E-state index in [0.29, 0.717) is 22.6 Å². The summed E-state index contributed by atoms with van der Waals surface area (Å²) in [5, 5.41) is 2.46. The minimum atomic E-state index is 0.00117. The molecule has 0 fully saturated rings. The Morgan fingerprint density at radius 3 is 1.65 bits per heavy atom. The minimum Gasteiger partial charge on any atom is -0.457 e. The van der Waals surface area contributed by atoms with Crippen molar-refractivity contribution in [2.75, 3.05) is 0 Å². The minimum absolute atomic E-state index is 0.00117. The number of fused-ring (bicyclic) bond motifs is 1. The van der Waals surface area contributed by atoms with Gasteiger partial charge in [-0.25, -0.2) is 0 Å². The van der Waals surface area contributed by atoms with Gasteiger partial charge in [-0.05, 0) is 152 Å². The molecule has 0 atom stereocenters. The van der Waals surface area contributed by atoms with Crippen molar-refractivity contribution in [2.45, 2.75) is 0 Å². The maximum Gasteiger partial charge on any atom is 0.194 e. The molecule has 6 rings (SSSR count). The first kappa shape index (κ1) is 26.5. The number of benzene rings is 6. The number of halogens is 2. The van der Waals surface area contributed by atoms with Gasteiger partial charge in [-0.15, -0.1) is 0 Å². The Kier molecular flexibility index (Phi) is 7.84. The number of carbonyl (C=O) groups excluding carboxylic acids is 1. The third-order valence-corrected chi connectivity index (χ3v) is 8.13. The van der Waals surface area contributed by atoms with Gasteiger partial charge < -0.3 is 9.47 Å². The van der Waals surface area contributed by atoms with Crippen LogP contribution in [0.15, 0.2) is 133 Å². The molecule has 0 unspecified atom stereocenters. The molecule has 3 nitrogen and oxygen atoms in total. The maximum atomic E-state index is 13.0. The highest BCUT2D eigenvalue weighted by atomic mass is 127. The van der Waals surface area contributed by atoms with Crippen molar-refractivity contribution in [3.8, 4) is 34.1 Å². The van der Waals surface area contributed by atoms with Crippen LogP contribution in [0.3, 0.4) is 0 Å². The second-order valence-corrected chi connectivity index (χ2v) is 11.6. The Balaban J connectivity index is 1.09. The van der Waals surface area contributed by atoms with Crippen LogP contribution in [0.2, 0.25) is 0 Å². The number of carbonyl (C=O) groups is 1. The van der Waals surface area contributed by atoms with Crippen LogP contribution in [0, 0.1) is 7.14 Å². The van der Waals surface area contributed by atoms with Crippen LogP contribution in [-0.4, -0.2) is 5.78 Å². The van der Waals surface area contributed by atoms with Crippen LogP contribution in [0.4, 0.5) is 0 Å². The van der Waals surface area contributed by atoms with Gasteiger partial charge in [0.05, 0.1) is 0 Å². The van der Waals surface area contributed by atoms with Crippen molar-refractivity contribution in [3.05, 3.63) is 152 Å². The van der Waals surface area contributed by atoms with Gasteiger partial charge in [-0.1, -0.05) is 48.5 Å². The second-order valence-electron chi connectivity index (χ2n) is 9.24. The molecule has 0 aliphatic heterocycles. The summed E-state index contributed by atoms with van der Waals surface area (Å²) in [6.45, 7) is 0. The third-order valence-electron chi connectivity index (χ3n) is 6.52. The normalized spacial score (nSPS) is 10.8. The van der Waals surface area contributed by atoms with E-state index in [9.17, 15) is 4.79 Å². The molecule has 0 spiro atoms. The number of ether oxygens (including phenoxy) is 2. The number of rotatable bonds is 7. The molecular formula is C35H22I2O3. The van der Waals surface area contributed by atoms with Gasteiger partial charge in [-0.3, -0.25) is 4.79 Å². The highest BCUT2D eigenvalue weighted by Gasteiger charge is 2.13. The van der Waals surface area contributed by atoms with E-state index in [-0.39, 0.29) is 5.78 Å². The lowest BCUT2D eigenvalue weighted by molar-refractivity contribution is 0.103. The van der Waals surface area contributed by atoms with Crippen LogP contribution >= 0.6 is 45.2 Å². The molecule has 0 bridgehead atoms. The molecule has 5 heteroatoms. The Labute approximate surface area is 260 Å². The molecule has 0 aliphatic rings. The van der Waals surface area contributed by atoms with Crippen LogP contribution < -0.4 is 9.47 Å². The molecule has 0 amide bonds. The van der Waals surface area contributed by atoms with Gasteiger partial charge in [-0.2, -0.15) is 0 Å². The van der Waals surface area contributed by atoms with Crippen molar-refractivity contribution in [1.82, 2.24) is 0 Å². The van der Waals surface area contributed by atoms with Gasteiger partial charge >= 0.3 is 0 Å². The first-order valence-electron chi connectivity index (χ1n) is 12.7. The Hall–Kier alpha value is -3.69. The van der Waals surface area contributed by atoms with E-state index in [2.05, 4.69) is 99.8 Å². The molecular weight excluding hydrogens is 722 g/mol.